The molecular formula is C18H21ClFNO6. The number of hydrogen-bond donors (Lipinski definition) is 1. The minimum Gasteiger partial charge on any atom is -0.484 e. The van der Waals surface area contributed by atoms with Gasteiger partial charge in [-0.2, -0.15) is 0 Å². The summed E-state index contributed by atoms with van der Waals surface area (Å²) >= 11 is 5.61. The highest BCUT2D eigenvalue weighted by molar-refractivity contribution is 6.30. The van der Waals surface area contributed by atoms with Crippen molar-refractivity contribution in [3.8, 4) is 5.75 Å². The van der Waals surface area contributed by atoms with Gasteiger partial charge in [0.05, 0.1) is 25.3 Å². The van der Waals surface area contributed by atoms with Crippen LogP contribution in [0.25, 0.3) is 0 Å². The Bertz CT molecular complexity index is 712. The Morgan fingerprint density at radius 3 is 2.48 bits per heavy atom. The number of rotatable bonds is 5. The Hall–Kier alpha value is -1.90. The molecule has 0 unspecified atom stereocenters. The van der Waals surface area contributed by atoms with E-state index >= 15 is 0 Å². The molecule has 0 aromatic heterocycles. The van der Waals surface area contributed by atoms with Crippen molar-refractivity contribution in [2.75, 3.05) is 26.9 Å². The second-order valence-corrected chi connectivity index (χ2v) is 7.00. The molecule has 9 heteroatoms. The van der Waals surface area contributed by atoms with Crippen LogP contribution in [0.1, 0.15) is 25.7 Å². The van der Waals surface area contributed by atoms with E-state index in [9.17, 15) is 14.0 Å². The van der Waals surface area contributed by atoms with E-state index in [4.69, 9.17) is 30.5 Å². The molecule has 1 spiro atoms. The predicted octanol–water partition coefficient (Wildman–Crippen LogP) is 2.20. The third kappa shape index (κ3) is 4.34. The fourth-order valence-electron chi connectivity index (χ4n) is 3.44. The van der Waals surface area contributed by atoms with E-state index in [0.717, 1.165) is 6.07 Å². The molecule has 1 N–H and O–H groups in total. The molecule has 1 saturated carbocycles. The lowest BCUT2D eigenvalue weighted by Gasteiger charge is -2.41. The van der Waals surface area contributed by atoms with Crippen LogP contribution in [0.15, 0.2) is 18.2 Å². The highest BCUT2D eigenvalue weighted by atomic mass is 35.5. The quantitative estimate of drug-likeness (QED) is 0.762. The molecule has 0 bridgehead atoms. The summed E-state index contributed by atoms with van der Waals surface area (Å²) in [5, 5.41) is 2.68. The minimum atomic E-state index is -1.17. The van der Waals surface area contributed by atoms with Gasteiger partial charge in [0.1, 0.15) is 17.1 Å². The van der Waals surface area contributed by atoms with Crippen molar-refractivity contribution in [2.45, 2.75) is 37.0 Å². The van der Waals surface area contributed by atoms with Gasteiger partial charge in [0.25, 0.3) is 5.91 Å². The SMILES string of the molecule is COC(=O)C1(NC(=O)COc2ccc(Cl)c(F)c2)CCC2(CC1)OCCO2. The van der Waals surface area contributed by atoms with Crippen LogP contribution < -0.4 is 10.1 Å². The maximum absolute atomic E-state index is 13.4. The van der Waals surface area contributed by atoms with Crippen LogP contribution in [0.2, 0.25) is 5.02 Å². The van der Waals surface area contributed by atoms with Crippen LogP contribution in [0, 0.1) is 5.82 Å². The number of benzene rings is 1. The van der Waals surface area contributed by atoms with Crippen molar-refractivity contribution in [3.63, 3.8) is 0 Å². The van der Waals surface area contributed by atoms with E-state index in [1.165, 1.54) is 19.2 Å². The van der Waals surface area contributed by atoms with E-state index in [-0.39, 0.29) is 17.4 Å². The van der Waals surface area contributed by atoms with Crippen molar-refractivity contribution in [1.29, 1.82) is 0 Å². The molecule has 0 radical (unpaired) electrons. The Kier molecular flexibility index (Phi) is 5.88. The molecule has 1 aromatic rings. The molecule has 2 fully saturated rings. The van der Waals surface area contributed by atoms with Crippen molar-refractivity contribution in [2.24, 2.45) is 0 Å². The van der Waals surface area contributed by atoms with Crippen LogP contribution in [-0.4, -0.2) is 50.1 Å². The van der Waals surface area contributed by atoms with Gasteiger partial charge in [-0.1, -0.05) is 11.6 Å². The predicted molar refractivity (Wildman–Crippen MR) is 92.9 cm³/mol. The zero-order valence-electron chi connectivity index (χ0n) is 14.9. The van der Waals surface area contributed by atoms with Gasteiger partial charge in [0.15, 0.2) is 12.4 Å². The topological polar surface area (TPSA) is 83.1 Å². The minimum absolute atomic E-state index is 0.0380. The van der Waals surface area contributed by atoms with Crippen molar-refractivity contribution in [3.05, 3.63) is 29.0 Å². The van der Waals surface area contributed by atoms with Crippen molar-refractivity contribution < 1.29 is 32.9 Å². The summed E-state index contributed by atoms with van der Waals surface area (Å²) in [6, 6.07) is 3.88. The lowest BCUT2D eigenvalue weighted by molar-refractivity contribution is -0.192. The van der Waals surface area contributed by atoms with Gasteiger partial charge >= 0.3 is 5.97 Å². The van der Waals surface area contributed by atoms with Gasteiger partial charge in [-0.15, -0.1) is 0 Å². The standard InChI is InChI=1S/C18H21ClFNO6/c1-24-16(23)17(4-6-18(7-5-17)26-8-9-27-18)21-15(22)11-25-12-2-3-13(19)14(20)10-12/h2-3,10H,4-9,11H2,1H3,(H,21,22). The van der Waals surface area contributed by atoms with Gasteiger partial charge in [-0.25, -0.2) is 9.18 Å². The first-order valence-corrected chi connectivity index (χ1v) is 9.01. The molecular weight excluding hydrogens is 381 g/mol. The van der Waals surface area contributed by atoms with Crippen LogP contribution in [0.3, 0.4) is 0 Å². The van der Waals surface area contributed by atoms with Crippen molar-refractivity contribution >= 4 is 23.5 Å². The summed E-state index contributed by atoms with van der Waals surface area (Å²) in [6.07, 6.45) is 1.57. The zero-order valence-corrected chi connectivity index (χ0v) is 15.6. The Balaban J connectivity index is 1.61. The molecule has 1 amide bonds. The van der Waals surface area contributed by atoms with Gasteiger partial charge in [-0.05, 0) is 25.0 Å². The molecule has 1 aliphatic carbocycles. The third-order valence-electron chi connectivity index (χ3n) is 4.89. The normalized spacial score (nSPS) is 20.3. The molecule has 148 valence electrons. The number of amides is 1. The Morgan fingerprint density at radius 1 is 1.22 bits per heavy atom. The summed E-state index contributed by atoms with van der Waals surface area (Å²) in [5.41, 5.74) is -1.17. The summed E-state index contributed by atoms with van der Waals surface area (Å²) in [7, 11) is 1.27. The summed E-state index contributed by atoms with van der Waals surface area (Å²) < 4.78 is 34.9. The Morgan fingerprint density at radius 2 is 1.89 bits per heavy atom. The van der Waals surface area contributed by atoms with E-state index in [2.05, 4.69) is 5.32 Å². The summed E-state index contributed by atoms with van der Waals surface area (Å²) in [4.78, 5) is 24.7. The molecule has 2 aliphatic rings. The monoisotopic (exact) mass is 401 g/mol. The average Bonchev–Trinajstić information content (AvgIpc) is 3.12. The average molecular weight is 402 g/mol. The largest absolute Gasteiger partial charge is 0.484 e. The molecule has 1 heterocycles. The first kappa shape index (κ1) is 19.9. The van der Waals surface area contributed by atoms with Gasteiger partial charge in [0.2, 0.25) is 0 Å². The summed E-state index contributed by atoms with van der Waals surface area (Å²) in [6.45, 7) is 0.657. The van der Waals surface area contributed by atoms with E-state index < -0.39 is 29.0 Å². The fourth-order valence-corrected chi connectivity index (χ4v) is 3.55. The first-order valence-electron chi connectivity index (χ1n) is 8.63. The molecule has 7 nitrogen and oxygen atoms in total. The van der Waals surface area contributed by atoms with E-state index in [1.54, 1.807) is 0 Å². The van der Waals surface area contributed by atoms with Crippen LogP contribution in [-0.2, 0) is 23.8 Å². The molecule has 1 aromatic carbocycles. The molecule has 1 saturated heterocycles. The van der Waals surface area contributed by atoms with Crippen LogP contribution in [0.4, 0.5) is 4.39 Å². The Labute approximate surface area is 161 Å². The highest BCUT2D eigenvalue weighted by Crippen LogP contribution is 2.40. The number of ether oxygens (including phenoxy) is 4. The van der Waals surface area contributed by atoms with E-state index in [0.29, 0.717) is 38.9 Å². The molecule has 1 aliphatic heterocycles. The van der Waals surface area contributed by atoms with Gasteiger partial charge in [-0.3, -0.25) is 4.79 Å². The highest BCUT2D eigenvalue weighted by Gasteiger charge is 2.51. The van der Waals surface area contributed by atoms with Gasteiger partial charge < -0.3 is 24.3 Å². The fraction of sp³-hybridized carbons (Fsp3) is 0.556. The maximum atomic E-state index is 13.4. The second-order valence-electron chi connectivity index (χ2n) is 6.59. The molecule has 27 heavy (non-hydrogen) atoms. The van der Waals surface area contributed by atoms with Crippen LogP contribution >= 0.6 is 11.6 Å². The van der Waals surface area contributed by atoms with E-state index in [1.807, 2.05) is 0 Å². The maximum Gasteiger partial charge on any atom is 0.331 e. The smallest absolute Gasteiger partial charge is 0.331 e. The number of halogens is 2. The number of nitrogens with one attached hydrogen (secondary N) is 1. The van der Waals surface area contributed by atoms with Crippen LogP contribution in [0.5, 0.6) is 5.75 Å². The number of esters is 1. The molecule has 0 atom stereocenters. The molecule has 3 rings (SSSR count). The summed E-state index contributed by atoms with van der Waals surface area (Å²) in [5.74, 6) is -2.20. The first-order chi connectivity index (χ1) is 12.9. The van der Waals surface area contributed by atoms with Gasteiger partial charge in [0, 0.05) is 18.9 Å². The zero-order chi connectivity index (χ0) is 19.5. The lowest BCUT2D eigenvalue weighted by Crippen LogP contribution is -2.60. The second kappa shape index (κ2) is 8.00. The number of hydrogen-bond acceptors (Lipinski definition) is 6. The number of methoxy groups -OCH3 is 1. The number of carbonyl (C=O) groups excluding carboxylic acids is 2. The lowest BCUT2D eigenvalue weighted by atomic mass is 9.78. The van der Waals surface area contributed by atoms with Crippen molar-refractivity contribution in [1.82, 2.24) is 5.32 Å². The number of carbonyl (C=O) groups is 2. The third-order valence-corrected chi connectivity index (χ3v) is 5.20.